The van der Waals surface area contributed by atoms with Crippen molar-refractivity contribution in [2.24, 2.45) is 0 Å². The Labute approximate surface area is 204 Å². The standard InChI is InChI=1S/C19H18P.C12H10.ClH/c1-20(17-11-5-2-6-12-17,18-13-7-3-8-14-18)19-15-9-4-10-16-19;1-3-7-11(8-4-1)12-9-5-2-6-10-12;/h2-16H,1H3;1-10H;1H/q+1;;/p-1. The molecule has 0 aromatic heterocycles. The SMILES string of the molecule is C[P+](c1ccccc1)(c1ccccc1)c1ccccc1.[Cl-].c1ccc(-c2ccccc2)cc1. The van der Waals surface area contributed by atoms with Crippen LogP contribution in [0.1, 0.15) is 0 Å². The van der Waals surface area contributed by atoms with Gasteiger partial charge in [0.2, 0.25) is 0 Å². The van der Waals surface area contributed by atoms with Crippen LogP contribution in [0.15, 0.2) is 152 Å². The summed E-state index contributed by atoms with van der Waals surface area (Å²) in [6.07, 6.45) is 0. The normalized spacial score (nSPS) is 10.3. The molecule has 0 unspecified atom stereocenters. The minimum atomic E-state index is -1.53. The molecule has 164 valence electrons. The third kappa shape index (κ3) is 5.99. The van der Waals surface area contributed by atoms with Crippen LogP contribution < -0.4 is 28.3 Å². The summed E-state index contributed by atoms with van der Waals surface area (Å²) in [4.78, 5) is 0. The van der Waals surface area contributed by atoms with Crippen molar-refractivity contribution in [3.8, 4) is 11.1 Å². The number of hydrogen-bond donors (Lipinski definition) is 0. The first-order valence-electron chi connectivity index (χ1n) is 10.9. The summed E-state index contributed by atoms with van der Waals surface area (Å²) >= 11 is 0. The zero-order valence-corrected chi connectivity index (χ0v) is 20.4. The molecule has 0 saturated carbocycles. The third-order valence-electron chi connectivity index (χ3n) is 5.70. The van der Waals surface area contributed by atoms with Crippen molar-refractivity contribution in [1.29, 1.82) is 0 Å². The highest BCUT2D eigenvalue weighted by Gasteiger charge is 2.39. The molecule has 0 spiro atoms. The van der Waals surface area contributed by atoms with Gasteiger partial charge < -0.3 is 12.4 Å². The van der Waals surface area contributed by atoms with Crippen LogP contribution in [0.25, 0.3) is 11.1 Å². The van der Waals surface area contributed by atoms with E-state index in [1.54, 1.807) is 0 Å². The highest BCUT2D eigenvalue weighted by molar-refractivity contribution is 7.95. The average molecular weight is 467 g/mol. The van der Waals surface area contributed by atoms with Gasteiger partial charge in [-0.1, -0.05) is 115 Å². The van der Waals surface area contributed by atoms with Crippen LogP contribution in [0.2, 0.25) is 0 Å². The summed E-state index contributed by atoms with van der Waals surface area (Å²) in [5.74, 6) is 0. The molecule has 2 heteroatoms. The quantitative estimate of drug-likeness (QED) is 0.352. The molecule has 0 heterocycles. The highest BCUT2D eigenvalue weighted by atomic mass is 35.5. The van der Waals surface area contributed by atoms with E-state index in [1.165, 1.54) is 27.0 Å². The van der Waals surface area contributed by atoms with Crippen molar-refractivity contribution < 1.29 is 12.4 Å². The third-order valence-corrected chi connectivity index (χ3v) is 9.69. The van der Waals surface area contributed by atoms with E-state index >= 15 is 0 Å². The Balaban J connectivity index is 0.000000202. The van der Waals surface area contributed by atoms with Crippen molar-refractivity contribution in [1.82, 2.24) is 0 Å². The molecule has 0 amide bonds. The Hall–Kier alpha value is -3.18. The Morgan fingerprint density at radius 2 is 0.545 bits per heavy atom. The molecule has 0 fully saturated rings. The summed E-state index contributed by atoms with van der Waals surface area (Å²) < 4.78 is 0. The van der Waals surface area contributed by atoms with Gasteiger partial charge >= 0.3 is 0 Å². The summed E-state index contributed by atoms with van der Waals surface area (Å²) in [7, 11) is -1.53. The zero-order valence-electron chi connectivity index (χ0n) is 18.8. The van der Waals surface area contributed by atoms with Crippen LogP contribution in [0.4, 0.5) is 0 Å². The lowest BCUT2D eigenvalue weighted by molar-refractivity contribution is -0.00000620. The second kappa shape index (κ2) is 12.2. The van der Waals surface area contributed by atoms with Crippen molar-refractivity contribution in [3.05, 3.63) is 152 Å². The predicted octanol–water partition coefficient (Wildman–Crippen LogP) is 3.97. The number of benzene rings is 5. The van der Waals surface area contributed by atoms with Crippen LogP contribution >= 0.6 is 7.26 Å². The van der Waals surface area contributed by atoms with E-state index in [-0.39, 0.29) is 12.4 Å². The van der Waals surface area contributed by atoms with E-state index in [9.17, 15) is 0 Å². The maximum Gasteiger partial charge on any atom is 0.109 e. The van der Waals surface area contributed by atoms with Crippen LogP contribution in [0, 0.1) is 0 Å². The molecule has 0 atom stereocenters. The van der Waals surface area contributed by atoms with E-state index in [1.807, 2.05) is 12.1 Å². The van der Waals surface area contributed by atoms with Crippen molar-refractivity contribution in [2.45, 2.75) is 0 Å². The first-order chi connectivity index (χ1) is 15.8. The van der Waals surface area contributed by atoms with Crippen LogP contribution in [-0.4, -0.2) is 6.66 Å². The van der Waals surface area contributed by atoms with Gasteiger partial charge in [-0.05, 0) is 47.5 Å². The lowest BCUT2D eigenvalue weighted by Gasteiger charge is -2.22. The summed E-state index contributed by atoms with van der Waals surface area (Å²) in [6, 6.07) is 53.4. The monoisotopic (exact) mass is 466 g/mol. The van der Waals surface area contributed by atoms with Gasteiger partial charge in [0.15, 0.2) is 0 Å². The van der Waals surface area contributed by atoms with E-state index in [0.29, 0.717) is 0 Å². The lowest BCUT2D eigenvalue weighted by atomic mass is 10.1. The average Bonchev–Trinajstić information content (AvgIpc) is 2.91. The van der Waals surface area contributed by atoms with Crippen LogP contribution in [-0.2, 0) is 0 Å². The maximum atomic E-state index is 2.41. The summed E-state index contributed by atoms with van der Waals surface area (Å²) in [5.41, 5.74) is 2.55. The van der Waals surface area contributed by atoms with Crippen molar-refractivity contribution in [2.75, 3.05) is 6.66 Å². The summed E-state index contributed by atoms with van der Waals surface area (Å²) in [6.45, 7) is 2.41. The smallest absolute Gasteiger partial charge is 0.109 e. The Bertz CT molecular complexity index is 1060. The fraction of sp³-hybridized carbons (Fsp3) is 0.0323. The molecule has 0 bridgehead atoms. The van der Waals surface area contributed by atoms with Gasteiger partial charge in [0.25, 0.3) is 0 Å². The number of hydrogen-bond acceptors (Lipinski definition) is 0. The Morgan fingerprint density at radius 1 is 0.333 bits per heavy atom. The van der Waals surface area contributed by atoms with E-state index in [0.717, 1.165) is 0 Å². The molecule has 0 aliphatic carbocycles. The van der Waals surface area contributed by atoms with Gasteiger partial charge in [0, 0.05) is 0 Å². The van der Waals surface area contributed by atoms with Gasteiger partial charge in [-0.25, -0.2) is 0 Å². The predicted molar refractivity (Wildman–Crippen MR) is 143 cm³/mol. The van der Waals surface area contributed by atoms with Crippen molar-refractivity contribution in [3.63, 3.8) is 0 Å². The molecule has 5 aromatic rings. The molecule has 5 rings (SSSR count). The van der Waals surface area contributed by atoms with Crippen LogP contribution in [0.3, 0.4) is 0 Å². The summed E-state index contributed by atoms with van der Waals surface area (Å²) in [5, 5.41) is 4.28. The topological polar surface area (TPSA) is 0 Å². The fourth-order valence-electron chi connectivity index (χ4n) is 3.89. The minimum Gasteiger partial charge on any atom is -1.00 e. The minimum absolute atomic E-state index is 0. The van der Waals surface area contributed by atoms with Gasteiger partial charge in [-0.15, -0.1) is 0 Å². The second-order valence-electron chi connectivity index (χ2n) is 7.74. The lowest BCUT2D eigenvalue weighted by Crippen LogP contribution is -3.00. The molecule has 0 aliphatic heterocycles. The molecule has 33 heavy (non-hydrogen) atoms. The maximum absolute atomic E-state index is 2.41. The largest absolute Gasteiger partial charge is 1.00 e. The molecular formula is C31H28ClP. The molecule has 0 aliphatic rings. The molecule has 0 nitrogen and oxygen atoms in total. The van der Waals surface area contributed by atoms with Crippen molar-refractivity contribution >= 4 is 23.2 Å². The molecular weight excluding hydrogens is 439 g/mol. The highest BCUT2D eigenvalue weighted by Crippen LogP contribution is 2.51. The van der Waals surface area contributed by atoms with E-state index in [4.69, 9.17) is 0 Å². The second-order valence-corrected chi connectivity index (χ2v) is 11.3. The Kier molecular flexibility index (Phi) is 9.02. The first-order valence-corrected chi connectivity index (χ1v) is 13.2. The van der Waals surface area contributed by atoms with Gasteiger partial charge in [0.05, 0.1) is 6.66 Å². The molecule has 0 saturated heterocycles. The molecule has 0 radical (unpaired) electrons. The first kappa shape index (κ1) is 24.5. The van der Waals surface area contributed by atoms with E-state index < -0.39 is 7.26 Å². The van der Waals surface area contributed by atoms with E-state index in [2.05, 4.69) is 146 Å². The Morgan fingerprint density at radius 3 is 0.788 bits per heavy atom. The number of rotatable bonds is 4. The molecule has 0 N–H and O–H groups in total. The van der Waals surface area contributed by atoms with Gasteiger partial charge in [-0.2, -0.15) is 0 Å². The fourth-order valence-corrected chi connectivity index (χ4v) is 7.09. The van der Waals surface area contributed by atoms with Gasteiger partial charge in [0.1, 0.15) is 23.2 Å². The molecule has 5 aromatic carbocycles. The zero-order chi connectivity index (χ0) is 22.1. The number of halogens is 1. The van der Waals surface area contributed by atoms with Crippen LogP contribution in [0.5, 0.6) is 0 Å². The van der Waals surface area contributed by atoms with Gasteiger partial charge in [-0.3, -0.25) is 0 Å².